The van der Waals surface area contributed by atoms with Crippen LogP contribution in [-0.4, -0.2) is 77.4 Å². The number of nitrogens with one attached hydrogen (secondary N) is 2. The molecular weight excluding hydrogens is 510 g/mol. The quantitative estimate of drug-likeness (QED) is 0.335. The number of nitrogens with zero attached hydrogens (tertiary/aromatic N) is 2. The number of hydrogen-bond donors (Lipinski definition) is 3. The van der Waals surface area contributed by atoms with Crippen LogP contribution in [-0.2, 0) is 6.42 Å². The van der Waals surface area contributed by atoms with Gasteiger partial charge >= 0.3 is 0 Å². The van der Waals surface area contributed by atoms with Crippen LogP contribution in [0.4, 0.5) is 32.0 Å². The molecule has 2 unspecified atom stereocenters. The van der Waals surface area contributed by atoms with Gasteiger partial charge in [0.2, 0.25) is 0 Å². The van der Waals surface area contributed by atoms with Gasteiger partial charge in [-0.1, -0.05) is 0 Å². The normalized spacial score (nSPS) is 21.1. The number of aliphatic hydroxyl groups excluding tert-OH is 1. The van der Waals surface area contributed by atoms with Gasteiger partial charge in [-0.15, -0.1) is 0 Å². The van der Waals surface area contributed by atoms with Gasteiger partial charge < -0.3 is 15.4 Å². The fraction of sp³-hybridized carbons (Fsp3) is 0.481. The molecule has 3 N–H and O–H groups in total. The molecule has 1 aromatic heterocycles. The Kier molecular flexibility index (Phi) is 7.36. The SMILES string of the molecule is CC1Cc2c([nH]c3cc(F)ccc23)C(c2c(F)cc(NC3CN(CCCF)C3)cc2F)N1CC(F)(F)CO. The predicted molar refractivity (Wildman–Crippen MR) is 133 cm³/mol. The zero-order valence-electron chi connectivity index (χ0n) is 20.9. The Hall–Kier alpha value is -2.76. The fourth-order valence-corrected chi connectivity index (χ4v) is 5.70. The number of hydrogen-bond acceptors (Lipinski definition) is 4. The van der Waals surface area contributed by atoms with Crippen molar-refractivity contribution in [2.24, 2.45) is 0 Å². The minimum Gasteiger partial charge on any atom is -0.390 e. The highest BCUT2D eigenvalue weighted by atomic mass is 19.3. The number of aromatic amines is 1. The van der Waals surface area contributed by atoms with E-state index in [1.807, 2.05) is 4.90 Å². The third-order valence-corrected chi connectivity index (χ3v) is 7.51. The van der Waals surface area contributed by atoms with E-state index < -0.39 is 60.8 Å². The maximum atomic E-state index is 15.7. The average molecular weight is 541 g/mol. The van der Waals surface area contributed by atoms with Crippen molar-refractivity contribution in [3.63, 3.8) is 0 Å². The second kappa shape index (κ2) is 10.4. The summed E-state index contributed by atoms with van der Waals surface area (Å²) in [6, 6.07) is 4.53. The Morgan fingerprint density at radius 1 is 1.11 bits per heavy atom. The van der Waals surface area contributed by atoms with Gasteiger partial charge in [-0.2, -0.15) is 0 Å². The molecular formula is C27H30F6N4O. The number of aliphatic hydroxyl groups is 1. The standard InChI is InChI=1S/C27H30F6N4O/c1-15-7-20-19-4-3-16(29)8-23(19)35-25(20)26(37(15)13-27(32,33)14-38)24-21(30)9-17(10-22(24)31)34-18-11-36(12-18)6-2-5-28/h3-4,8-10,15,18,26,34-35,38H,2,5-7,11-14H2,1H3. The van der Waals surface area contributed by atoms with Crippen molar-refractivity contribution in [3.8, 4) is 0 Å². The Bertz CT molecular complexity index is 1290. The first-order chi connectivity index (χ1) is 18.1. The van der Waals surface area contributed by atoms with Gasteiger partial charge in [0.1, 0.15) is 24.1 Å². The molecule has 5 nitrogen and oxygen atoms in total. The van der Waals surface area contributed by atoms with E-state index in [-0.39, 0.29) is 11.7 Å². The third kappa shape index (κ3) is 5.11. The average Bonchev–Trinajstić information content (AvgIpc) is 3.18. The van der Waals surface area contributed by atoms with Crippen molar-refractivity contribution in [2.75, 3.05) is 44.8 Å². The summed E-state index contributed by atoms with van der Waals surface area (Å²) in [5.74, 6) is -5.83. The van der Waals surface area contributed by atoms with E-state index in [1.165, 1.54) is 17.0 Å². The summed E-state index contributed by atoms with van der Waals surface area (Å²) in [6.07, 6.45) is 0.723. The van der Waals surface area contributed by atoms with E-state index in [0.29, 0.717) is 54.6 Å². The van der Waals surface area contributed by atoms with Gasteiger partial charge in [0, 0.05) is 53.5 Å². The first-order valence-corrected chi connectivity index (χ1v) is 12.7. The molecule has 2 aliphatic rings. The molecule has 3 aromatic rings. The first-order valence-electron chi connectivity index (χ1n) is 12.7. The Morgan fingerprint density at radius 2 is 1.82 bits per heavy atom. The fourth-order valence-electron chi connectivity index (χ4n) is 5.70. The molecule has 0 amide bonds. The smallest absolute Gasteiger partial charge is 0.283 e. The molecule has 0 radical (unpaired) electrons. The number of likely N-dealkylation sites (tertiary alicyclic amines) is 1. The molecule has 206 valence electrons. The molecule has 38 heavy (non-hydrogen) atoms. The lowest BCUT2D eigenvalue weighted by molar-refractivity contribution is -0.0869. The number of alkyl halides is 3. The van der Waals surface area contributed by atoms with E-state index in [2.05, 4.69) is 10.3 Å². The third-order valence-electron chi connectivity index (χ3n) is 7.51. The molecule has 0 bridgehead atoms. The summed E-state index contributed by atoms with van der Waals surface area (Å²) in [5.41, 5.74) is 1.23. The molecule has 11 heteroatoms. The molecule has 0 saturated carbocycles. The van der Waals surface area contributed by atoms with Gasteiger partial charge in [-0.3, -0.25) is 14.2 Å². The van der Waals surface area contributed by atoms with Gasteiger partial charge in [0.05, 0.1) is 25.3 Å². The highest BCUT2D eigenvalue weighted by molar-refractivity contribution is 5.85. The van der Waals surface area contributed by atoms with Crippen molar-refractivity contribution in [2.45, 2.75) is 43.8 Å². The second-order valence-electron chi connectivity index (χ2n) is 10.3. The lowest BCUT2D eigenvalue weighted by Crippen LogP contribution is -2.54. The van der Waals surface area contributed by atoms with E-state index in [9.17, 15) is 22.7 Å². The molecule has 0 aliphatic carbocycles. The number of benzene rings is 2. The summed E-state index contributed by atoms with van der Waals surface area (Å²) in [4.78, 5) is 6.34. The van der Waals surface area contributed by atoms with E-state index >= 15 is 8.78 Å². The van der Waals surface area contributed by atoms with Crippen LogP contribution in [0.25, 0.3) is 10.9 Å². The Morgan fingerprint density at radius 3 is 2.47 bits per heavy atom. The van der Waals surface area contributed by atoms with Gasteiger partial charge in [0.25, 0.3) is 5.92 Å². The van der Waals surface area contributed by atoms with Crippen molar-refractivity contribution >= 4 is 16.6 Å². The molecule has 3 heterocycles. The second-order valence-corrected chi connectivity index (χ2v) is 10.3. The van der Waals surface area contributed by atoms with Crippen molar-refractivity contribution in [1.82, 2.24) is 14.8 Å². The van der Waals surface area contributed by atoms with Crippen LogP contribution in [0.15, 0.2) is 30.3 Å². The summed E-state index contributed by atoms with van der Waals surface area (Å²) >= 11 is 0. The number of H-pyrrole nitrogens is 1. The predicted octanol–water partition coefficient (Wildman–Crippen LogP) is 5.00. The lowest BCUT2D eigenvalue weighted by atomic mass is 9.87. The number of halogens is 6. The molecule has 1 saturated heterocycles. The maximum absolute atomic E-state index is 15.7. The van der Waals surface area contributed by atoms with E-state index in [1.54, 1.807) is 13.0 Å². The summed E-state index contributed by atoms with van der Waals surface area (Å²) in [7, 11) is 0. The molecule has 2 atom stereocenters. The number of fused-ring (bicyclic) bond motifs is 3. The van der Waals surface area contributed by atoms with Crippen LogP contribution in [0.5, 0.6) is 0 Å². The molecule has 0 spiro atoms. The summed E-state index contributed by atoms with van der Waals surface area (Å²) in [6.45, 7) is 0.790. The number of rotatable bonds is 9. The molecule has 1 fully saturated rings. The number of anilines is 1. The largest absolute Gasteiger partial charge is 0.390 e. The summed E-state index contributed by atoms with van der Waals surface area (Å²) in [5, 5.41) is 13.0. The molecule has 2 aliphatic heterocycles. The van der Waals surface area contributed by atoms with Crippen LogP contribution in [0, 0.1) is 17.5 Å². The van der Waals surface area contributed by atoms with E-state index in [4.69, 9.17) is 0 Å². The van der Waals surface area contributed by atoms with Crippen LogP contribution in [0.2, 0.25) is 0 Å². The minimum atomic E-state index is -3.51. The lowest BCUT2D eigenvalue weighted by Gasteiger charge is -2.42. The van der Waals surface area contributed by atoms with Gasteiger partial charge in [0.15, 0.2) is 0 Å². The van der Waals surface area contributed by atoms with Crippen molar-refractivity contribution in [3.05, 3.63) is 64.6 Å². The Balaban J connectivity index is 1.52. The van der Waals surface area contributed by atoms with E-state index in [0.717, 1.165) is 12.1 Å². The van der Waals surface area contributed by atoms with Gasteiger partial charge in [-0.05, 0) is 55.7 Å². The maximum Gasteiger partial charge on any atom is 0.283 e. The van der Waals surface area contributed by atoms with Crippen LogP contribution < -0.4 is 5.32 Å². The zero-order valence-corrected chi connectivity index (χ0v) is 20.9. The monoisotopic (exact) mass is 540 g/mol. The minimum absolute atomic E-state index is 0.0519. The van der Waals surface area contributed by atoms with Crippen LogP contribution in [0.1, 0.15) is 36.2 Å². The topological polar surface area (TPSA) is 54.5 Å². The first kappa shape index (κ1) is 26.8. The molecule has 5 rings (SSSR count). The number of aromatic nitrogens is 1. The van der Waals surface area contributed by atoms with Crippen LogP contribution >= 0.6 is 0 Å². The van der Waals surface area contributed by atoms with Crippen molar-refractivity contribution < 1.29 is 31.4 Å². The van der Waals surface area contributed by atoms with Crippen LogP contribution in [0.3, 0.4) is 0 Å². The Labute approximate surface area is 216 Å². The van der Waals surface area contributed by atoms with Crippen molar-refractivity contribution in [1.29, 1.82) is 0 Å². The van der Waals surface area contributed by atoms with Gasteiger partial charge in [-0.25, -0.2) is 22.0 Å². The summed E-state index contributed by atoms with van der Waals surface area (Å²) < 4.78 is 86.5. The molecule has 2 aromatic carbocycles. The highest BCUT2D eigenvalue weighted by Crippen LogP contribution is 2.44. The zero-order chi connectivity index (χ0) is 27.2. The highest BCUT2D eigenvalue weighted by Gasteiger charge is 2.43.